The monoisotopic (exact) mass is 457 g/mol. The summed E-state index contributed by atoms with van der Waals surface area (Å²) in [7, 11) is 3.75. The van der Waals surface area contributed by atoms with Gasteiger partial charge in [0, 0.05) is 58.9 Å². The number of nitrogens with zero attached hydrogens (tertiary/aromatic N) is 5. The SMILES string of the molecule is COc1cccc(CN(CCN2CCOCC2)Cc2nc(C(=O)N3CCN(C)CC3)co2)c1. The standard InChI is InChI=1S/C24H35N5O4/c1-26-6-10-29(11-7-26)24(30)22-19-33-23(25-22)18-28(9-8-27-12-14-32-15-13-27)17-20-4-3-5-21(16-20)31-2/h3-5,16,19H,6-15,17-18H2,1-2H3. The molecule has 2 aliphatic rings. The second kappa shape index (κ2) is 11.6. The number of ether oxygens (including phenoxy) is 2. The molecule has 1 aromatic heterocycles. The molecule has 0 unspecified atom stereocenters. The summed E-state index contributed by atoms with van der Waals surface area (Å²) in [5, 5.41) is 0. The lowest BCUT2D eigenvalue weighted by atomic mass is 10.2. The quantitative estimate of drug-likeness (QED) is 0.560. The van der Waals surface area contributed by atoms with Crippen molar-refractivity contribution in [1.29, 1.82) is 0 Å². The van der Waals surface area contributed by atoms with Crippen LogP contribution >= 0.6 is 0 Å². The maximum atomic E-state index is 12.8. The van der Waals surface area contributed by atoms with E-state index in [9.17, 15) is 4.79 Å². The van der Waals surface area contributed by atoms with E-state index in [1.807, 2.05) is 17.0 Å². The van der Waals surface area contributed by atoms with Gasteiger partial charge < -0.3 is 23.7 Å². The van der Waals surface area contributed by atoms with Crippen molar-refractivity contribution in [3.63, 3.8) is 0 Å². The number of carbonyl (C=O) groups excluding carboxylic acids is 1. The van der Waals surface area contributed by atoms with Gasteiger partial charge in [-0.3, -0.25) is 14.6 Å². The number of rotatable bonds is 9. The third-order valence-electron chi connectivity index (χ3n) is 6.30. The fraction of sp³-hybridized carbons (Fsp3) is 0.583. The van der Waals surface area contributed by atoms with E-state index in [-0.39, 0.29) is 5.91 Å². The molecular formula is C24H35N5O4. The van der Waals surface area contributed by atoms with E-state index in [2.05, 4.69) is 38.9 Å². The third-order valence-corrected chi connectivity index (χ3v) is 6.30. The number of piperazine rings is 1. The van der Waals surface area contributed by atoms with Crippen LogP contribution < -0.4 is 4.74 Å². The molecule has 0 spiro atoms. The molecule has 0 aliphatic carbocycles. The number of morpholine rings is 1. The van der Waals surface area contributed by atoms with Crippen LogP contribution in [0.5, 0.6) is 5.75 Å². The van der Waals surface area contributed by atoms with E-state index in [0.717, 1.165) is 83.4 Å². The number of hydrogen-bond donors (Lipinski definition) is 0. The van der Waals surface area contributed by atoms with Crippen LogP contribution in [0.3, 0.4) is 0 Å². The number of amides is 1. The number of hydrogen-bond acceptors (Lipinski definition) is 8. The molecule has 1 aromatic carbocycles. The maximum absolute atomic E-state index is 12.8. The molecule has 9 heteroatoms. The second-order valence-corrected chi connectivity index (χ2v) is 8.74. The Bertz CT molecular complexity index is 890. The van der Waals surface area contributed by atoms with E-state index in [1.165, 1.54) is 6.26 Å². The molecule has 0 radical (unpaired) electrons. The van der Waals surface area contributed by atoms with Crippen molar-refractivity contribution in [2.45, 2.75) is 13.1 Å². The van der Waals surface area contributed by atoms with Crippen LogP contribution in [0, 0.1) is 0 Å². The van der Waals surface area contributed by atoms with Crippen LogP contribution in [0.4, 0.5) is 0 Å². The molecular weight excluding hydrogens is 422 g/mol. The number of aromatic nitrogens is 1. The smallest absolute Gasteiger partial charge is 0.275 e. The Kier molecular flexibility index (Phi) is 8.33. The average molecular weight is 458 g/mol. The lowest BCUT2D eigenvalue weighted by Gasteiger charge is -2.31. The highest BCUT2D eigenvalue weighted by atomic mass is 16.5. The van der Waals surface area contributed by atoms with Crippen LogP contribution in [0.25, 0.3) is 0 Å². The van der Waals surface area contributed by atoms with Gasteiger partial charge in [0.1, 0.15) is 12.0 Å². The molecule has 0 atom stereocenters. The molecule has 0 N–H and O–H groups in total. The highest BCUT2D eigenvalue weighted by molar-refractivity contribution is 5.92. The lowest BCUT2D eigenvalue weighted by Crippen LogP contribution is -2.47. The first-order chi connectivity index (χ1) is 16.1. The number of carbonyl (C=O) groups is 1. The Morgan fingerprint density at radius 1 is 1.12 bits per heavy atom. The average Bonchev–Trinajstić information content (AvgIpc) is 3.32. The van der Waals surface area contributed by atoms with Crippen LogP contribution in [-0.4, -0.2) is 110 Å². The van der Waals surface area contributed by atoms with Crippen molar-refractivity contribution in [3.8, 4) is 5.75 Å². The largest absolute Gasteiger partial charge is 0.497 e. The van der Waals surface area contributed by atoms with Gasteiger partial charge in [-0.2, -0.15) is 0 Å². The minimum atomic E-state index is -0.0502. The molecule has 2 fully saturated rings. The summed E-state index contributed by atoms with van der Waals surface area (Å²) in [4.78, 5) is 26.2. The van der Waals surface area contributed by atoms with Crippen molar-refractivity contribution in [1.82, 2.24) is 24.6 Å². The van der Waals surface area contributed by atoms with Crippen molar-refractivity contribution >= 4 is 5.91 Å². The summed E-state index contributed by atoms with van der Waals surface area (Å²) in [5.74, 6) is 1.36. The fourth-order valence-corrected chi connectivity index (χ4v) is 4.20. The van der Waals surface area contributed by atoms with Gasteiger partial charge in [0.05, 0.1) is 26.9 Å². The second-order valence-electron chi connectivity index (χ2n) is 8.74. The molecule has 1 amide bonds. The van der Waals surface area contributed by atoms with Crippen LogP contribution in [-0.2, 0) is 17.8 Å². The van der Waals surface area contributed by atoms with Gasteiger partial charge in [-0.05, 0) is 24.7 Å². The predicted octanol–water partition coefficient (Wildman–Crippen LogP) is 1.41. The number of oxazole rings is 1. The van der Waals surface area contributed by atoms with Crippen LogP contribution in [0.1, 0.15) is 21.9 Å². The first kappa shape index (κ1) is 23.7. The zero-order valence-electron chi connectivity index (χ0n) is 19.7. The molecule has 4 rings (SSSR count). The van der Waals surface area contributed by atoms with Gasteiger partial charge in [-0.15, -0.1) is 0 Å². The van der Waals surface area contributed by atoms with Gasteiger partial charge in [0.2, 0.25) is 5.89 Å². The van der Waals surface area contributed by atoms with E-state index in [4.69, 9.17) is 13.9 Å². The lowest BCUT2D eigenvalue weighted by molar-refractivity contribution is 0.0320. The van der Waals surface area contributed by atoms with E-state index < -0.39 is 0 Å². The van der Waals surface area contributed by atoms with Crippen LogP contribution in [0.15, 0.2) is 34.9 Å². The first-order valence-corrected chi connectivity index (χ1v) is 11.7. The maximum Gasteiger partial charge on any atom is 0.275 e. The highest BCUT2D eigenvalue weighted by Gasteiger charge is 2.24. The summed E-state index contributed by atoms with van der Waals surface area (Å²) in [6, 6.07) is 8.11. The summed E-state index contributed by atoms with van der Waals surface area (Å²) in [6.07, 6.45) is 1.50. The molecule has 3 heterocycles. The Morgan fingerprint density at radius 3 is 2.67 bits per heavy atom. The Hall–Kier alpha value is -2.46. The Morgan fingerprint density at radius 2 is 1.91 bits per heavy atom. The number of likely N-dealkylation sites (N-methyl/N-ethyl adjacent to an activating group) is 1. The van der Waals surface area contributed by atoms with Crippen molar-refractivity contribution < 1.29 is 18.7 Å². The Balaban J connectivity index is 1.40. The van der Waals surface area contributed by atoms with Gasteiger partial charge in [0.25, 0.3) is 5.91 Å². The van der Waals surface area contributed by atoms with Gasteiger partial charge >= 0.3 is 0 Å². The summed E-state index contributed by atoms with van der Waals surface area (Å²) in [5.41, 5.74) is 1.56. The molecule has 2 aromatic rings. The van der Waals surface area contributed by atoms with Gasteiger partial charge in [0.15, 0.2) is 5.69 Å². The molecule has 2 aliphatic heterocycles. The molecule has 2 saturated heterocycles. The summed E-state index contributed by atoms with van der Waals surface area (Å²) in [6.45, 7) is 9.77. The molecule has 0 bridgehead atoms. The first-order valence-electron chi connectivity index (χ1n) is 11.7. The minimum absolute atomic E-state index is 0.0502. The number of methoxy groups -OCH3 is 1. The number of benzene rings is 1. The van der Waals surface area contributed by atoms with Gasteiger partial charge in [-0.25, -0.2) is 4.98 Å². The Labute approximate surface area is 195 Å². The zero-order chi connectivity index (χ0) is 23.0. The van der Waals surface area contributed by atoms with Crippen molar-refractivity contribution in [3.05, 3.63) is 47.7 Å². The van der Waals surface area contributed by atoms with Crippen LogP contribution in [0.2, 0.25) is 0 Å². The minimum Gasteiger partial charge on any atom is -0.497 e. The van der Waals surface area contributed by atoms with Gasteiger partial charge in [-0.1, -0.05) is 12.1 Å². The molecule has 180 valence electrons. The summed E-state index contributed by atoms with van der Waals surface area (Å²) >= 11 is 0. The fourth-order valence-electron chi connectivity index (χ4n) is 4.20. The van der Waals surface area contributed by atoms with E-state index >= 15 is 0 Å². The van der Waals surface area contributed by atoms with Crippen molar-refractivity contribution in [2.75, 3.05) is 79.7 Å². The summed E-state index contributed by atoms with van der Waals surface area (Å²) < 4.78 is 16.6. The normalized spacial score (nSPS) is 18.1. The van der Waals surface area contributed by atoms with Crippen molar-refractivity contribution in [2.24, 2.45) is 0 Å². The predicted molar refractivity (Wildman–Crippen MR) is 124 cm³/mol. The topological polar surface area (TPSA) is 74.5 Å². The third kappa shape index (κ3) is 6.77. The molecule has 33 heavy (non-hydrogen) atoms. The van der Waals surface area contributed by atoms with E-state index in [1.54, 1.807) is 7.11 Å². The highest BCUT2D eigenvalue weighted by Crippen LogP contribution is 2.17. The molecule has 9 nitrogen and oxygen atoms in total. The zero-order valence-corrected chi connectivity index (χ0v) is 19.7. The van der Waals surface area contributed by atoms with E-state index in [0.29, 0.717) is 18.1 Å². The molecule has 0 saturated carbocycles.